The van der Waals surface area contributed by atoms with E-state index in [1.165, 1.54) is 0 Å². The molecule has 160 valence electrons. The molecule has 0 saturated carbocycles. The number of carbonyl (C=O) groups is 1. The van der Waals surface area contributed by atoms with E-state index in [0.29, 0.717) is 28.8 Å². The van der Waals surface area contributed by atoms with E-state index in [9.17, 15) is 4.79 Å². The molecule has 1 N–H and O–H groups in total. The van der Waals surface area contributed by atoms with Crippen LogP contribution in [0.5, 0.6) is 11.5 Å². The minimum atomic E-state index is -0.509. The van der Waals surface area contributed by atoms with Crippen molar-refractivity contribution in [1.29, 1.82) is 0 Å². The molecule has 1 aromatic heterocycles. The molecule has 2 aromatic carbocycles. The molecule has 0 spiro atoms. The van der Waals surface area contributed by atoms with Gasteiger partial charge in [-0.15, -0.1) is 5.10 Å². The van der Waals surface area contributed by atoms with Crippen molar-refractivity contribution in [3.05, 3.63) is 65.4 Å². The molecule has 8 nitrogen and oxygen atoms in total. The van der Waals surface area contributed by atoms with Crippen LogP contribution in [0.4, 0.5) is 5.95 Å². The molecule has 0 radical (unpaired) electrons. The Labute approximate surface area is 180 Å². The topological polar surface area (TPSA) is 87.5 Å². The average molecular weight is 420 g/mol. The molecule has 1 aliphatic heterocycles. The molecular weight excluding hydrogens is 396 g/mol. The minimum Gasteiger partial charge on any atom is -0.497 e. The summed E-state index contributed by atoms with van der Waals surface area (Å²) < 4.78 is 17.7. The summed E-state index contributed by atoms with van der Waals surface area (Å²) >= 11 is 0. The number of hydrogen-bond acceptors (Lipinski definition) is 7. The number of methoxy groups -OCH3 is 2. The number of ether oxygens (including phenoxy) is 3. The third kappa shape index (κ3) is 3.84. The van der Waals surface area contributed by atoms with Gasteiger partial charge in [-0.2, -0.15) is 4.98 Å². The van der Waals surface area contributed by atoms with Gasteiger partial charge >= 0.3 is 5.97 Å². The largest absolute Gasteiger partial charge is 0.497 e. The molecule has 4 rings (SSSR count). The van der Waals surface area contributed by atoms with Gasteiger partial charge in [-0.1, -0.05) is 12.1 Å². The molecule has 0 fully saturated rings. The molecule has 8 heteroatoms. The van der Waals surface area contributed by atoms with E-state index in [1.807, 2.05) is 55.5 Å². The summed E-state index contributed by atoms with van der Waals surface area (Å²) in [5, 5.41) is 7.94. The van der Waals surface area contributed by atoms with E-state index in [2.05, 4.69) is 10.3 Å². The molecular formula is C23H24N4O4. The molecule has 1 unspecified atom stereocenters. The maximum absolute atomic E-state index is 12.9. The van der Waals surface area contributed by atoms with Crippen molar-refractivity contribution in [2.45, 2.75) is 19.9 Å². The van der Waals surface area contributed by atoms with Crippen molar-refractivity contribution in [3.63, 3.8) is 0 Å². The number of aromatic nitrogens is 3. The third-order valence-electron chi connectivity index (χ3n) is 5.11. The molecule has 2 heterocycles. The molecule has 31 heavy (non-hydrogen) atoms. The Morgan fingerprint density at radius 1 is 1.10 bits per heavy atom. The summed E-state index contributed by atoms with van der Waals surface area (Å²) in [4.78, 5) is 17.5. The summed E-state index contributed by atoms with van der Waals surface area (Å²) in [6.07, 6.45) is 0. The first kappa shape index (κ1) is 20.5. The van der Waals surface area contributed by atoms with Crippen molar-refractivity contribution in [3.8, 4) is 22.9 Å². The highest BCUT2D eigenvalue weighted by molar-refractivity contribution is 5.92. The van der Waals surface area contributed by atoms with Gasteiger partial charge in [-0.3, -0.25) is 0 Å². The number of carbonyl (C=O) groups excluding carboxylic acids is 1. The van der Waals surface area contributed by atoms with Crippen LogP contribution in [0.3, 0.4) is 0 Å². The maximum Gasteiger partial charge on any atom is 0.338 e. The van der Waals surface area contributed by atoms with Crippen LogP contribution in [0.25, 0.3) is 11.4 Å². The third-order valence-corrected chi connectivity index (χ3v) is 5.11. The quantitative estimate of drug-likeness (QED) is 0.607. The maximum atomic E-state index is 12.9. The number of allylic oxidation sites excluding steroid dienone is 1. The Bertz CT molecular complexity index is 1130. The van der Waals surface area contributed by atoms with Gasteiger partial charge in [0.05, 0.1) is 26.4 Å². The summed E-state index contributed by atoms with van der Waals surface area (Å²) in [5.41, 5.74) is 2.83. The summed E-state index contributed by atoms with van der Waals surface area (Å²) in [5.74, 6) is 2.13. The fourth-order valence-electron chi connectivity index (χ4n) is 3.61. The minimum absolute atomic E-state index is 0.280. The first-order valence-corrected chi connectivity index (χ1v) is 9.95. The van der Waals surface area contributed by atoms with Gasteiger partial charge < -0.3 is 19.5 Å². The molecule has 3 aromatic rings. The number of fused-ring (bicyclic) bond motifs is 1. The standard InChI is InChI=1S/C23H24N4O4/c1-5-31-22(28)19-14(2)24-23-25-21(15-9-11-17(29-3)12-10-15)26-27(23)20(19)16-7-6-8-18(13-16)30-4/h6-13,20H,5H2,1-4H3,(H,24,25,26). The Hall–Kier alpha value is -3.81. The van der Waals surface area contributed by atoms with Crippen molar-refractivity contribution in [2.24, 2.45) is 0 Å². The average Bonchev–Trinajstić information content (AvgIpc) is 3.21. The van der Waals surface area contributed by atoms with Crippen molar-refractivity contribution >= 4 is 11.9 Å². The van der Waals surface area contributed by atoms with Crippen molar-refractivity contribution < 1.29 is 19.0 Å². The van der Waals surface area contributed by atoms with Crippen LogP contribution in [0.1, 0.15) is 25.5 Å². The van der Waals surface area contributed by atoms with Crippen LogP contribution in [0.15, 0.2) is 59.8 Å². The van der Waals surface area contributed by atoms with E-state index in [1.54, 1.807) is 25.8 Å². The lowest BCUT2D eigenvalue weighted by Crippen LogP contribution is -2.29. The lowest BCUT2D eigenvalue weighted by Gasteiger charge is -2.28. The highest BCUT2D eigenvalue weighted by Crippen LogP contribution is 2.37. The fourth-order valence-corrected chi connectivity index (χ4v) is 3.61. The zero-order valence-electron chi connectivity index (χ0n) is 17.9. The Kier molecular flexibility index (Phi) is 5.62. The fraction of sp³-hybridized carbons (Fsp3) is 0.261. The van der Waals surface area contributed by atoms with Crippen LogP contribution >= 0.6 is 0 Å². The molecule has 1 aliphatic rings. The number of anilines is 1. The number of benzene rings is 2. The van der Waals surface area contributed by atoms with Crippen molar-refractivity contribution in [1.82, 2.24) is 14.8 Å². The van der Waals surface area contributed by atoms with E-state index in [-0.39, 0.29) is 6.61 Å². The Morgan fingerprint density at radius 2 is 1.84 bits per heavy atom. The number of rotatable bonds is 6. The van der Waals surface area contributed by atoms with Crippen molar-refractivity contribution in [2.75, 3.05) is 26.1 Å². The second-order valence-electron chi connectivity index (χ2n) is 7.00. The van der Waals surface area contributed by atoms with Gasteiger partial charge in [0.25, 0.3) is 0 Å². The molecule has 0 aliphatic carbocycles. The zero-order chi connectivity index (χ0) is 22.0. The summed E-state index contributed by atoms with van der Waals surface area (Å²) in [7, 11) is 3.23. The van der Waals surface area contributed by atoms with Gasteiger partial charge in [0, 0.05) is 11.3 Å². The predicted molar refractivity (Wildman–Crippen MR) is 116 cm³/mol. The van der Waals surface area contributed by atoms with Gasteiger partial charge in [-0.25, -0.2) is 9.48 Å². The normalized spacial score (nSPS) is 15.2. The van der Waals surface area contributed by atoms with Gasteiger partial charge in [-0.05, 0) is 55.8 Å². The summed E-state index contributed by atoms with van der Waals surface area (Å²) in [6.45, 7) is 3.90. The number of nitrogens with zero attached hydrogens (tertiary/aromatic N) is 3. The van der Waals surface area contributed by atoms with Crippen LogP contribution in [-0.2, 0) is 9.53 Å². The smallest absolute Gasteiger partial charge is 0.338 e. The number of hydrogen-bond donors (Lipinski definition) is 1. The van der Waals surface area contributed by atoms with E-state index >= 15 is 0 Å². The van der Waals surface area contributed by atoms with Crippen LogP contribution < -0.4 is 14.8 Å². The van der Waals surface area contributed by atoms with E-state index in [0.717, 1.165) is 16.9 Å². The highest BCUT2D eigenvalue weighted by Gasteiger charge is 2.35. The molecule has 0 bridgehead atoms. The number of esters is 1. The Balaban J connectivity index is 1.84. The second-order valence-corrected chi connectivity index (χ2v) is 7.00. The van der Waals surface area contributed by atoms with Gasteiger partial charge in [0.1, 0.15) is 17.5 Å². The van der Waals surface area contributed by atoms with Crippen LogP contribution in [0.2, 0.25) is 0 Å². The molecule has 0 amide bonds. The first-order valence-electron chi connectivity index (χ1n) is 9.95. The first-order chi connectivity index (χ1) is 15.0. The van der Waals surface area contributed by atoms with Gasteiger partial charge in [0.15, 0.2) is 5.82 Å². The lowest BCUT2D eigenvalue weighted by molar-refractivity contribution is -0.139. The molecule has 1 atom stereocenters. The number of nitrogens with one attached hydrogen (secondary N) is 1. The lowest BCUT2D eigenvalue weighted by atomic mass is 9.95. The summed E-state index contributed by atoms with van der Waals surface area (Å²) in [6, 6.07) is 14.6. The Morgan fingerprint density at radius 3 is 2.52 bits per heavy atom. The van der Waals surface area contributed by atoms with E-state index in [4.69, 9.17) is 19.3 Å². The SMILES string of the molecule is CCOC(=O)C1=C(C)Nc2nc(-c3ccc(OC)cc3)nn2C1c1cccc(OC)c1. The zero-order valence-corrected chi connectivity index (χ0v) is 17.9. The van der Waals surface area contributed by atoms with Crippen LogP contribution in [-0.4, -0.2) is 41.6 Å². The second kappa shape index (κ2) is 8.51. The molecule has 0 saturated heterocycles. The van der Waals surface area contributed by atoms with Crippen LogP contribution in [0, 0.1) is 0 Å². The van der Waals surface area contributed by atoms with Gasteiger partial charge in [0.2, 0.25) is 5.95 Å². The monoisotopic (exact) mass is 420 g/mol. The highest BCUT2D eigenvalue weighted by atomic mass is 16.5. The predicted octanol–water partition coefficient (Wildman–Crippen LogP) is 3.81. The van der Waals surface area contributed by atoms with E-state index < -0.39 is 12.0 Å².